The molecule has 0 amide bonds. The van der Waals surface area contributed by atoms with Crippen LogP contribution in [0, 0.1) is 0 Å². The van der Waals surface area contributed by atoms with Crippen LogP contribution in [0.15, 0.2) is 55.4 Å². The Labute approximate surface area is 166 Å². The van der Waals surface area contributed by atoms with Crippen molar-refractivity contribution in [1.29, 1.82) is 0 Å². The quantitative estimate of drug-likeness (QED) is 0.707. The van der Waals surface area contributed by atoms with Gasteiger partial charge in [-0.15, -0.1) is 6.58 Å². The minimum Gasteiger partial charge on any atom is -0.479 e. The van der Waals surface area contributed by atoms with Gasteiger partial charge < -0.3 is 19.6 Å². The van der Waals surface area contributed by atoms with Crippen molar-refractivity contribution < 1.29 is 14.6 Å². The van der Waals surface area contributed by atoms with E-state index in [1.165, 1.54) is 5.69 Å². The van der Waals surface area contributed by atoms with Gasteiger partial charge in [0, 0.05) is 49.9 Å². The van der Waals surface area contributed by atoms with Crippen LogP contribution in [0.4, 0.5) is 11.4 Å². The molecule has 0 aliphatic carbocycles. The van der Waals surface area contributed by atoms with Gasteiger partial charge in [-0.3, -0.25) is 4.98 Å². The summed E-state index contributed by atoms with van der Waals surface area (Å²) >= 11 is 0. The lowest BCUT2D eigenvalue weighted by atomic mass is 10.1. The van der Waals surface area contributed by atoms with Crippen molar-refractivity contribution in [3.8, 4) is 5.75 Å². The van der Waals surface area contributed by atoms with Crippen LogP contribution in [0.3, 0.4) is 0 Å². The number of rotatable bonds is 8. The van der Waals surface area contributed by atoms with Gasteiger partial charge in [-0.1, -0.05) is 13.0 Å². The van der Waals surface area contributed by atoms with Crippen molar-refractivity contribution in [3.63, 3.8) is 0 Å². The van der Waals surface area contributed by atoms with E-state index in [2.05, 4.69) is 27.4 Å². The lowest BCUT2D eigenvalue weighted by Crippen LogP contribution is -2.46. The Morgan fingerprint density at radius 1 is 1.18 bits per heavy atom. The number of piperazine rings is 1. The number of hydrogen-bond donors (Lipinski definition) is 1. The molecule has 1 aromatic heterocycles. The largest absolute Gasteiger partial charge is 0.479 e. The highest BCUT2D eigenvalue weighted by Crippen LogP contribution is 2.28. The topological polar surface area (TPSA) is 65.9 Å². The average Bonchev–Trinajstić information content (AvgIpc) is 2.73. The Bertz CT molecular complexity index is 802. The molecule has 28 heavy (non-hydrogen) atoms. The molecule has 6 heteroatoms. The van der Waals surface area contributed by atoms with E-state index in [0.29, 0.717) is 18.6 Å². The van der Waals surface area contributed by atoms with Gasteiger partial charge in [-0.2, -0.15) is 0 Å². The zero-order valence-electron chi connectivity index (χ0n) is 16.3. The SMILES string of the molecule is C=CCc1cc(N2CCN(c3ccncc3)CC2)ccc1OC(CC)C(=O)O. The molecule has 2 heterocycles. The summed E-state index contributed by atoms with van der Waals surface area (Å²) in [6, 6.07) is 10.1. The fraction of sp³-hybridized carbons (Fsp3) is 0.364. The Hall–Kier alpha value is -3.02. The lowest BCUT2D eigenvalue weighted by molar-refractivity contribution is -0.145. The zero-order valence-corrected chi connectivity index (χ0v) is 16.3. The summed E-state index contributed by atoms with van der Waals surface area (Å²) in [5, 5.41) is 9.27. The van der Waals surface area contributed by atoms with E-state index in [0.717, 1.165) is 37.4 Å². The fourth-order valence-corrected chi connectivity index (χ4v) is 3.43. The normalized spacial score (nSPS) is 15.2. The second-order valence-corrected chi connectivity index (χ2v) is 6.82. The van der Waals surface area contributed by atoms with Gasteiger partial charge in [0.2, 0.25) is 0 Å². The summed E-state index contributed by atoms with van der Waals surface area (Å²) in [7, 11) is 0. The van der Waals surface area contributed by atoms with Crippen LogP contribution in [-0.2, 0) is 11.2 Å². The van der Waals surface area contributed by atoms with Gasteiger partial charge in [0.25, 0.3) is 0 Å². The number of aliphatic carboxylic acids is 1. The molecule has 1 aliphatic rings. The third-order valence-electron chi connectivity index (χ3n) is 5.00. The smallest absolute Gasteiger partial charge is 0.344 e. The number of ether oxygens (including phenoxy) is 1. The number of carbonyl (C=O) groups is 1. The second-order valence-electron chi connectivity index (χ2n) is 6.82. The summed E-state index contributed by atoms with van der Waals surface area (Å²) in [6.45, 7) is 9.35. The number of carboxylic acid groups (broad SMARTS) is 1. The maximum Gasteiger partial charge on any atom is 0.344 e. The average molecular weight is 381 g/mol. The van der Waals surface area contributed by atoms with Crippen molar-refractivity contribution in [3.05, 3.63) is 60.9 Å². The first kappa shape index (κ1) is 19.7. The first-order valence-corrected chi connectivity index (χ1v) is 9.65. The molecule has 1 atom stereocenters. The molecule has 0 spiro atoms. The van der Waals surface area contributed by atoms with E-state index in [4.69, 9.17) is 4.74 Å². The van der Waals surface area contributed by atoms with Crippen LogP contribution in [0.5, 0.6) is 5.75 Å². The fourth-order valence-electron chi connectivity index (χ4n) is 3.43. The van der Waals surface area contributed by atoms with Gasteiger partial charge in [-0.05, 0) is 48.7 Å². The monoisotopic (exact) mass is 381 g/mol. The van der Waals surface area contributed by atoms with Crippen molar-refractivity contribution in [2.45, 2.75) is 25.9 Å². The van der Waals surface area contributed by atoms with E-state index in [-0.39, 0.29) is 0 Å². The molecule has 1 saturated heterocycles. The van der Waals surface area contributed by atoms with E-state index < -0.39 is 12.1 Å². The lowest BCUT2D eigenvalue weighted by Gasteiger charge is -2.37. The van der Waals surface area contributed by atoms with E-state index >= 15 is 0 Å². The highest BCUT2D eigenvalue weighted by atomic mass is 16.5. The van der Waals surface area contributed by atoms with E-state index in [1.54, 1.807) is 0 Å². The predicted octanol–water partition coefficient (Wildman–Crippen LogP) is 3.38. The molecule has 1 unspecified atom stereocenters. The third kappa shape index (κ3) is 4.63. The molecule has 0 saturated carbocycles. The van der Waals surface area contributed by atoms with Crippen LogP contribution in [-0.4, -0.2) is 48.3 Å². The minimum atomic E-state index is -0.941. The van der Waals surface area contributed by atoms with Crippen LogP contribution in [0.25, 0.3) is 0 Å². The Morgan fingerprint density at radius 2 is 1.82 bits per heavy atom. The number of allylic oxidation sites excluding steroid dienone is 1. The molecule has 1 aromatic carbocycles. The van der Waals surface area contributed by atoms with Crippen molar-refractivity contribution >= 4 is 17.3 Å². The van der Waals surface area contributed by atoms with Crippen molar-refractivity contribution in [1.82, 2.24) is 4.98 Å². The molecule has 0 bridgehead atoms. The van der Waals surface area contributed by atoms with E-state index in [9.17, 15) is 9.90 Å². The van der Waals surface area contributed by atoms with Gasteiger partial charge >= 0.3 is 5.97 Å². The summed E-state index contributed by atoms with van der Waals surface area (Å²) in [4.78, 5) is 20.1. The van der Waals surface area contributed by atoms with E-state index in [1.807, 2.05) is 49.7 Å². The zero-order chi connectivity index (χ0) is 19.9. The summed E-state index contributed by atoms with van der Waals surface area (Å²) in [5.74, 6) is -0.323. The Morgan fingerprint density at radius 3 is 2.39 bits per heavy atom. The van der Waals surface area contributed by atoms with Gasteiger partial charge in [0.15, 0.2) is 6.10 Å². The first-order chi connectivity index (χ1) is 13.6. The molecular formula is C22H27N3O3. The number of nitrogens with zero attached hydrogens (tertiary/aromatic N) is 3. The highest BCUT2D eigenvalue weighted by Gasteiger charge is 2.21. The number of benzene rings is 1. The Balaban J connectivity index is 1.71. The molecule has 2 aromatic rings. The van der Waals surface area contributed by atoms with Gasteiger partial charge in [-0.25, -0.2) is 4.79 Å². The molecule has 0 radical (unpaired) electrons. The van der Waals surface area contributed by atoms with Gasteiger partial charge in [0.05, 0.1) is 0 Å². The summed E-state index contributed by atoms with van der Waals surface area (Å²) < 4.78 is 5.75. The number of anilines is 2. The molecular weight excluding hydrogens is 354 g/mol. The third-order valence-corrected chi connectivity index (χ3v) is 5.00. The maximum absolute atomic E-state index is 11.3. The van der Waals surface area contributed by atoms with Crippen LogP contribution >= 0.6 is 0 Å². The Kier molecular flexibility index (Phi) is 6.53. The number of hydrogen-bond acceptors (Lipinski definition) is 5. The predicted molar refractivity (Wildman–Crippen MR) is 111 cm³/mol. The molecule has 1 fully saturated rings. The van der Waals surface area contributed by atoms with Crippen molar-refractivity contribution in [2.24, 2.45) is 0 Å². The highest BCUT2D eigenvalue weighted by molar-refractivity contribution is 5.72. The standard InChI is InChI=1S/C22H27N3O3/c1-3-5-17-16-19(6-7-21(17)28-20(4-2)22(26)27)25-14-12-24(13-15-25)18-8-10-23-11-9-18/h3,6-11,16,20H,1,4-5,12-15H2,2H3,(H,26,27). The summed E-state index contributed by atoms with van der Waals surface area (Å²) in [6.07, 6.45) is 5.68. The summed E-state index contributed by atoms with van der Waals surface area (Å²) in [5.41, 5.74) is 3.29. The number of aromatic nitrogens is 1. The first-order valence-electron chi connectivity index (χ1n) is 9.65. The minimum absolute atomic E-state index is 0.418. The maximum atomic E-state index is 11.3. The van der Waals surface area contributed by atoms with Crippen LogP contribution < -0.4 is 14.5 Å². The number of pyridine rings is 1. The molecule has 1 aliphatic heterocycles. The molecule has 3 rings (SSSR count). The van der Waals surface area contributed by atoms with Crippen LogP contribution in [0.1, 0.15) is 18.9 Å². The second kappa shape index (κ2) is 9.26. The molecule has 6 nitrogen and oxygen atoms in total. The van der Waals surface area contributed by atoms with Crippen molar-refractivity contribution in [2.75, 3.05) is 36.0 Å². The number of carboxylic acids is 1. The van der Waals surface area contributed by atoms with Gasteiger partial charge in [0.1, 0.15) is 5.75 Å². The molecule has 1 N–H and O–H groups in total. The van der Waals surface area contributed by atoms with Crippen LogP contribution in [0.2, 0.25) is 0 Å². The molecule has 148 valence electrons.